The third kappa shape index (κ3) is 17.4. The van der Waals surface area contributed by atoms with E-state index in [1.807, 2.05) is 0 Å². The van der Waals surface area contributed by atoms with Gasteiger partial charge in [-0.15, -0.1) is 0 Å². The first kappa shape index (κ1) is 54.2. The Balaban J connectivity index is 0.925. The van der Waals surface area contributed by atoms with E-state index in [1.54, 1.807) is 5.57 Å². The highest BCUT2D eigenvalue weighted by atomic mass is 16.6. The normalized spacial score (nSPS) is 30.5. The predicted octanol–water partition coefficient (Wildman–Crippen LogP) is 16.0. The molecule has 0 aromatic heterocycles. The van der Waals surface area contributed by atoms with Crippen LogP contribution in [0.15, 0.2) is 23.8 Å². The zero-order chi connectivity index (χ0) is 45.5. The van der Waals surface area contributed by atoms with E-state index in [9.17, 15) is 0 Å². The minimum Gasteiger partial charge on any atom is -0.379 e. The van der Waals surface area contributed by atoms with Gasteiger partial charge >= 0.3 is 0 Å². The Morgan fingerprint density at radius 3 is 2.19 bits per heavy atom. The molecular formula is C59H107NO4. The third-order valence-corrected chi connectivity index (χ3v) is 18.1. The lowest BCUT2D eigenvalue weighted by atomic mass is 9.47. The smallest absolute Gasteiger partial charge is 0.0936 e. The van der Waals surface area contributed by atoms with Crippen LogP contribution < -0.4 is 0 Å². The summed E-state index contributed by atoms with van der Waals surface area (Å²) in [6.45, 7) is 24.9. The number of fused-ring (bicyclic) bond motifs is 5. The fourth-order valence-corrected chi connectivity index (χ4v) is 14.3. The van der Waals surface area contributed by atoms with E-state index >= 15 is 0 Å². The molecule has 5 nitrogen and oxygen atoms in total. The van der Waals surface area contributed by atoms with E-state index in [1.165, 1.54) is 180 Å². The summed E-state index contributed by atoms with van der Waals surface area (Å²) in [7, 11) is 0. The van der Waals surface area contributed by atoms with Gasteiger partial charge in [0, 0.05) is 19.7 Å². The van der Waals surface area contributed by atoms with E-state index in [-0.39, 0.29) is 6.10 Å². The van der Waals surface area contributed by atoms with Gasteiger partial charge in [0.25, 0.3) is 0 Å². The number of allylic oxidation sites excluding steroid dienone is 3. The molecule has 4 fully saturated rings. The lowest BCUT2D eigenvalue weighted by Gasteiger charge is -2.58. The zero-order valence-corrected chi connectivity index (χ0v) is 43.7. The molecule has 0 aromatic rings. The van der Waals surface area contributed by atoms with Gasteiger partial charge in [-0.25, -0.2) is 0 Å². The average molecular weight is 895 g/mol. The van der Waals surface area contributed by atoms with Gasteiger partial charge in [0.05, 0.1) is 45.2 Å². The molecule has 10 atom stereocenters. The molecule has 0 N–H and O–H groups in total. The highest BCUT2D eigenvalue weighted by molar-refractivity contribution is 5.25. The minimum atomic E-state index is 0.116. The van der Waals surface area contributed by atoms with Crippen molar-refractivity contribution in [2.24, 2.45) is 52.3 Å². The molecule has 0 radical (unpaired) electrons. The van der Waals surface area contributed by atoms with Crippen molar-refractivity contribution < 1.29 is 18.9 Å². The van der Waals surface area contributed by atoms with Crippen LogP contribution in [0.1, 0.15) is 228 Å². The Morgan fingerprint density at radius 2 is 1.44 bits per heavy atom. The van der Waals surface area contributed by atoms with Crippen LogP contribution in [0.3, 0.4) is 0 Å². The maximum atomic E-state index is 6.54. The molecule has 0 spiro atoms. The summed E-state index contributed by atoms with van der Waals surface area (Å²) in [5.41, 5.74) is 2.68. The Bertz CT molecular complexity index is 1280. The van der Waals surface area contributed by atoms with Crippen molar-refractivity contribution in [1.29, 1.82) is 0 Å². The van der Waals surface area contributed by atoms with Crippen LogP contribution >= 0.6 is 0 Å². The molecule has 3 saturated carbocycles. The van der Waals surface area contributed by atoms with Gasteiger partial charge in [0.2, 0.25) is 0 Å². The molecule has 5 rings (SSSR count). The fourth-order valence-electron chi connectivity index (χ4n) is 14.3. The van der Waals surface area contributed by atoms with E-state index < -0.39 is 0 Å². The number of ether oxygens (including phenoxy) is 4. The molecular weight excluding hydrogens is 787 g/mol. The monoisotopic (exact) mass is 894 g/mol. The van der Waals surface area contributed by atoms with Gasteiger partial charge in [0.1, 0.15) is 0 Å². The molecule has 0 amide bonds. The summed E-state index contributed by atoms with van der Waals surface area (Å²) in [4.78, 5) is 2.62. The van der Waals surface area contributed by atoms with Crippen molar-refractivity contribution in [2.45, 2.75) is 240 Å². The molecule has 0 bridgehead atoms. The van der Waals surface area contributed by atoms with E-state index in [2.05, 4.69) is 71.6 Å². The fraction of sp³-hybridized carbons (Fsp3) is 0.932. The van der Waals surface area contributed by atoms with Crippen molar-refractivity contribution in [1.82, 2.24) is 4.90 Å². The lowest BCUT2D eigenvalue weighted by Crippen LogP contribution is -2.51. The number of rotatable bonds is 35. The van der Waals surface area contributed by atoms with Crippen LogP contribution in [0.25, 0.3) is 0 Å². The molecule has 5 heteroatoms. The van der Waals surface area contributed by atoms with Crippen LogP contribution in [0, 0.1) is 52.3 Å². The number of likely N-dealkylation sites (tertiary alicyclic amines) is 1. The van der Waals surface area contributed by atoms with Gasteiger partial charge < -0.3 is 23.8 Å². The van der Waals surface area contributed by atoms with Gasteiger partial charge in [0.15, 0.2) is 0 Å². The molecule has 4 aliphatic carbocycles. The lowest BCUT2D eigenvalue weighted by molar-refractivity contribution is -0.0731. The first-order valence-corrected chi connectivity index (χ1v) is 28.6. The summed E-state index contributed by atoms with van der Waals surface area (Å²) in [5.74, 6) is 6.22. The second-order valence-corrected chi connectivity index (χ2v) is 23.3. The van der Waals surface area contributed by atoms with Crippen LogP contribution in [0.5, 0.6) is 0 Å². The Labute approximate surface area is 398 Å². The maximum Gasteiger partial charge on any atom is 0.0936 e. The van der Waals surface area contributed by atoms with Gasteiger partial charge in [-0.05, 0) is 155 Å². The second-order valence-electron chi connectivity index (χ2n) is 23.3. The Hall–Kier alpha value is -0.720. The Kier molecular flexibility index (Phi) is 25.4. The number of hydrogen-bond donors (Lipinski definition) is 0. The van der Waals surface area contributed by atoms with Crippen LogP contribution in [-0.2, 0) is 18.9 Å². The number of nitrogens with zero attached hydrogens (tertiary/aromatic N) is 1. The number of hydrogen-bond acceptors (Lipinski definition) is 5. The minimum absolute atomic E-state index is 0.116. The largest absolute Gasteiger partial charge is 0.379 e. The van der Waals surface area contributed by atoms with Crippen molar-refractivity contribution in [2.75, 3.05) is 59.3 Å². The van der Waals surface area contributed by atoms with Crippen molar-refractivity contribution in [3.8, 4) is 0 Å². The quantitative estimate of drug-likeness (QED) is 0.0468. The molecule has 1 heterocycles. The summed E-state index contributed by atoms with van der Waals surface area (Å²) < 4.78 is 25.4. The van der Waals surface area contributed by atoms with Crippen LogP contribution in [-0.4, -0.2) is 76.4 Å². The molecule has 1 saturated heterocycles. The topological polar surface area (TPSA) is 40.2 Å². The van der Waals surface area contributed by atoms with E-state index in [0.29, 0.717) is 50.0 Å². The van der Waals surface area contributed by atoms with Crippen LogP contribution in [0.4, 0.5) is 0 Å². The third-order valence-electron chi connectivity index (χ3n) is 18.1. The Morgan fingerprint density at radius 1 is 0.703 bits per heavy atom. The van der Waals surface area contributed by atoms with Crippen molar-refractivity contribution in [3.05, 3.63) is 23.8 Å². The van der Waals surface area contributed by atoms with Gasteiger partial charge in [-0.3, -0.25) is 0 Å². The van der Waals surface area contributed by atoms with E-state index in [0.717, 1.165) is 67.4 Å². The highest BCUT2D eigenvalue weighted by Gasteiger charge is 2.59. The SMILES string of the molecule is CCCCCCCCC=CCCCCCCCCOCC(CN1CCC(CCC)C1)OCCOCCOC1CCC2(C)C(=CCC3C2CCC2(C)C(C(C)CCCC(C)C)CCC32)C1. The summed E-state index contributed by atoms with van der Waals surface area (Å²) >= 11 is 0. The first-order chi connectivity index (χ1) is 31.2. The molecule has 5 aliphatic rings. The average Bonchev–Trinajstić information content (AvgIpc) is 3.88. The van der Waals surface area contributed by atoms with Crippen molar-refractivity contribution in [3.63, 3.8) is 0 Å². The van der Waals surface area contributed by atoms with Gasteiger partial charge in [-0.1, -0.05) is 156 Å². The van der Waals surface area contributed by atoms with Crippen molar-refractivity contribution >= 4 is 0 Å². The molecule has 0 aromatic carbocycles. The molecule has 372 valence electrons. The van der Waals surface area contributed by atoms with Crippen LogP contribution in [0.2, 0.25) is 0 Å². The molecule has 1 aliphatic heterocycles. The van der Waals surface area contributed by atoms with E-state index in [4.69, 9.17) is 18.9 Å². The number of unbranched alkanes of at least 4 members (excludes halogenated alkanes) is 12. The van der Waals surface area contributed by atoms with Gasteiger partial charge in [-0.2, -0.15) is 0 Å². The predicted molar refractivity (Wildman–Crippen MR) is 273 cm³/mol. The molecule has 64 heavy (non-hydrogen) atoms. The summed E-state index contributed by atoms with van der Waals surface area (Å²) in [6.07, 6.45) is 45.8. The summed E-state index contributed by atoms with van der Waals surface area (Å²) in [5, 5.41) is 0. The zero-order valence-electron chi connectivity index (χ0n) is 43.7. The second kappa shape index (κ2) is 30.0. The maximum absolute atomic E-state index is 6.54. The standard InChI is InChI=1S/C59H107NO4/c1-8-10-11-12-13-14-15-16-17-18-19-20-21-22-23-24-39-62-47-53(46-60-38-35-50(45-60)26-9-2)64-43-41-61-40-42-63-52-33-36-58(6)51(44-52)29-30-54-56-32-31-55(49(5)28-25-27-48(3)4)59(56,7)37-34-57(54)58/h16-17,29,48-50,52-57H,8-15,18-28,30-47H2,1-7H3. The first-order valence-electron chi connectivity index (χ1n) is 28.6. The molecule has 10 unspecified atom stereocenters. The summed E-state index contributed by atoms with van der Waals surface area (Å²) in [6, 6.07) is 0. The highest BCUT2D eigenvalue weighted by Crippen LogP contribution is 2.67.